The molecular formula is C29H26N4O3. The molecule has 4 aromatic rings. The third-order valence-electron chi connectivity index (χ3n) is 6.19. The zero-order valence-electron chi connectivity index (χ0n) is 19.9. The molecule has 0 spiro atoms. The minimum atomic E-state index is -0.190. The summed E-state index contributed by atoms with van der Waals surface area (Å²) in [5, 5.41) is 5.98. The highest BCUT2D eigenvalue weighted by molar-refractivity contribution is 6.00. The van der Waals surface area contributed by atoms with Crippen LogP contribution in [0.15, 0.2) is 94.5 Å². The van der Waals surface area contributed by atoms with E-state index < -0.39 is 0 Å². The predicted molar refractivity (Wildman–Crippen MR) is 141 cm³/mol. The van der Waals surface area contributed by atoms with Crippen molar-refractivity contribution in [3.63, 3.8) is 0 Å². The van der Waals surface area contributed by atoms with Gasteiger partial charge in [0, 0.05) is 30.4 Å². The molecule has 0 fully saturated rings. The molecule has 7 heteroatoms. The molecule has 0 radical (unpaired) electrons. The largest absolute Gasteiger partial charge is 0.464 e. The smallest absolute Gasteiger partial charge is 0.322 e. The summed E-state index contributed by atoms with van der Waals surface area (Å²) in [7, 11) is 0. The Morgan fingerprint density at radius 2 is 1.72 bits per heavy atom. The lowest BCUT2D eigenvalue weighted by Gasteiger charge is -2.25. The number of fused-ring (bicyclic) bond motifs is 1. The van der Waals surface area contributed by atoms with Gasteiger partial charge in [-0.2, -0.15) is 0 Å². The molecule has 1 aliphatic rings. The van der Waals surface area contributed by atoms with Gasteiger partial charge in [-0.25, -0.2) is 4.79 Å². The number of aryl methyl sites for hydroxylation is 1. The second-order valence-electron chi connectivity index (χ2n) is 8.53. The van der Waals surface area contributed by atoms with Crippen molar-refractivity contribution in [1.82, 2.24) is 10.6 Å². The fourth-order valence-corrected chi connectivity index (χ4v) is 4.24. The maximum absolute atomic E-state index is 12.8. The maximum Gasteiger partial charge on any atom is 0.322 e. The van der Waals surface area contributed by atoms with E-state index in [1.807, 2.05) is 79.7 Å². The fourth-order valence-electron chi connectivity index (χ4n) is 4.24. The molecule has 0 atom stereocenters. The molecule has 0 aliphatic carbocycles. The molecule has 3 aromatic carbocycles. The van der Waals surface area contributed by atoms with E-state index in [0.29, 0.717) is 25.2 Å². The van der Waals surface area contributed by atoms with Crippen LogP contribution in [0.25, 0.3) is 11.3 Å². The number of anilines is 1. The first kappa shape index (κ1) is 23.1. The Labute approximate surface area is 209 Å². The van der Waals surface area contributed by atoms with Gasteiger partial charge in [0.15, 0.2) is 0 Å². The number of benzene rings is 3. The second-order valence-corrected chi connectivity index (χ2v) is 8.53. The van der Waals surface area contributed by atoms with E-state index in [1.165, 1.54) is 0 Å². The monoisotopic (exact) mass is 478 g/mol. The number of amides is 3. The van der Waals surface area contributed by atoms with Crippen molar-refractivity contribution in [3.8, 4) is 11.3 Å². The highest BCUT2D eigenvalue weighted by Gasteiger charge is 2.20. The van der Waals surface area contributed by atoms with Gasteiger partial charge in [-0.3, -0.25) is 14.7 Å². The van der Waals surface area contributed by atoms with Gasteiger partial charge in [0.05, 0.1) is 24.2 Å². The lowest BCUT2D eigenvalue weighted by atomic mass is 10.0. The number of nitrogens with one attached hydrogen (secondary N) is 2. The van der Waals surface area contributed by atoms with E-state index in [1.54, 1.807) is 23.4 Å². The zero-order chi connectivity index (χ0) is 24.9. The summed E-state index contributed by atoms with van der Waals surface area (Å²) in [5.74, 6) is 0.606. The lowest BCUT2D eigenvalue weighted by molar-refractivity contribution is 0.0951. The minimum Gasteiger partial charge on any atom is -0.464 e. The lowest BCUT2D eigenvalue weighted by Crippen LogP contribution is -2.41. The van der Waals surface area contributed by atoms with Crippen LogP contribution in [0.5, 0.6) is 0 Å². The molecule has 0 saturated carbocycles. The van der Waals surface area contributed by atoms with E-state index in [9.17, 15) is 9.59 Å². The first-order chi connectivity index (χ1) is 17.6. The topological polar surface area (TPSA) is 86.9 Å². The Bertz CT molecular complexity index is 1430. The van der Waals surface area contributed by atoms with Gasteiger partial charge in [-0.05, 0) is 60.0 Å². The number of para-hydroxylation sites is 2. The van der Waals surface area contributed by atoms with Gasteiger partial charge in [0.25, 0.3) is 5.91 Å². The summed E-state index contributed by atoms with van der Waals surface area (Å²) in [5.41, 5.74) is 5.93. The summed E-state index contributed by atoms with van der Waals surface area (Å²) in [4.78, 5) is 31.7. The number of carbonyl (C=O) groups is 2. The average Bonchev–Trinajstić information content (AvgIpc) is 3.45. The van der Waals surface area contributed by atoms with Gasteiger partial charge >= 0.3 is 6.03 Å². The van der Waals surface area contributed by atoms with E-state index in [4.69, 9.17) is 4.42 Å². The summed E-state index contributed by atoms with van der Waals surface area (Å²) in [6.45, 7) is 3.10. The number of furan rings is 1. The van der Waals surface area contributed by atoms with Crippen LogP contribution in [0.4, 0.5) is 16.2 Å². The average molecular weight is 479 g/mol. The molecule has 1 aromatic heterocycles. The number of aliphatic imine (C=N–C) groups is 1. The first-order valence-electron chi connectivity index (χ1n) is 11.8. The molecular weight excluding hydrogens is 452 g/mol. The molecule has 3 amide bonds. The summed E-state index contributed by atoms with van der Waals surface area (Å²) in [6.07, 6.45) is 3.37. The van der Waals surface area contributed by atoms with Crippen LogP contribution < -0.4 is 15.5 Å². The van der Waals surface area contributed by atoms with Crippen LogP contribution >= 0.6 is 0 Å². The zero-order valence-corrected chi connectivity index (χ0v) is 19.9. The van der Waals surface area contributed by atoms with Crippen molar-refractivity contribution in [2.24, 2.45) is 4.99 Å². The quantitative estimate of drug-likeness (QED) is 0.377. The molecule has 1 aliphatic heterocycles. The van der Waals surface area contributed by atoms with Crippen molar-refractivity contribution in [1.29, 1.82) is 0 Å². The Balaban J connectivity index is 1.20. The third-order valence-corrected chi connectivity index (χ3v) is 6.19. The van der Waals surface area contributed by atoms with Crippen molar-refractivity contribution in [2.75, 3.05) is 11.4 Å². The molecule has 2 N–H and O–H groups in total. The van der Waals surface area contributed by atoms with Gasteiger partial charge in [-0.1, -0.05) is 42.5 Å². The van der Waals surface area contributed by atoms with Crippen LogP contribution in [0.1, 0.15) is 27.0 Å². The minimum absolute atomic E-state index is 0.160. The molecule has 5 rings (SSSR count). The molecule has 7 nitrogen and oxygen atoms in total. The van der Waals surface area contributed by atoms with E-state index in [0.717, 1.165) is 39.4 Å². The van der Waals surface area contributed by atoms with Crippen LogP contribution in [0.3, 0.4) is 0 Å². The SMILES string of the molecule is Cc1cc(C(=O)NCc2ccccc2-c2ccco2)ccc1CNC(=O)N1CC=Nc2ccccc21. The molecule has 180 valence electrons. The predicted octanol–water partition coefficient (Wildman–Crippen LogP) is 5.62. The second kappa shape index (κ2) is 10.3. The number of rotatable bonds is 6. The molecule has 0 bridgehead atoms. The first-order valence-corrected chi connectivity index (χ1v) is 11.8. The van der Waals surface area contributed by atoms with Crippen molar-refractivity contribution in [3.05, 3.63) is 107 Å². The third kappa shape index (κ3) is 4.90. The number of nitrogens with zero attached hydrogens (tertiary/aromatic N) is 2. The highest BCUT2D eigenvalue weighted by Crippen LogP contribution is 2.30. The Morgan fingerprint density at radius 1 is 0.917 bits per heavy atom. The molecule has 36 heavy (non-hydrogen) atoms. The van der Waals surface area contributed by atoms with Gasteiger partial charge in [0.1, 0.15) is 5.76 Å². The molecule has 2 heterocycles. The van der Waals surface area contributed by atoms with Gasteiger partial charge in [0.2, 0.25) is 0 Å². The van der Waals surface area contributed by atoms with Crippen LogP contribution in [0, 0.1) is 6.92 Å². The normalized spacial score (nSPS) is 12.2. The summed E-state index contributed by atoms with van der Waals surface area (Å²) in [6, 6.07) is 24.5. The standard InChI is InChI=1S/C29H26N4O3/c1-20-17-21(28(34)31-19-23-7-2-3-8-24(23)27-11-6-16-36-27)12-13-22(20)18-32-29(35)33-15-14-30-25-9-4-5-10-26(25)33/h2-14,16-17H,15,18-19H2,1H3,(H,31,34)(H,32,35). The molecule has 0 saturated heterocycles. The van der Waals surface area contributed by atoms with Crippen LogP contribution in [0.2, 0.25) is 0 Å². The van der Waals surface area contributed by atoms with Crippen molar-refractivity contribution in [2.45, 2.75) is 20.0 Å². The Morgan fingerprint density at radius 3 is 2.56 bits per heavy atom. The maximum atomic E-state index is 12.8. The summed E-state index contributed by atoms with van der Waals surface area (Å²) < 4.78 is 5.52. The highest BCUT2D eigenvalue weighted by atomic mass is 16.3. The molecule has 0 unspecified atom stereocenters. The Hall–Kier alpha value is -4.65. The van der Waals surface area contributed by atoms with Crippen molar-refractivity contribution >= 4 is 29.5 Å². The van der Waals surface area contributed by atoms with Crippen LogP contribution in [-0.4, -0.2) is 24.7 Å². The fraction of sp³-hybridized carbons (Fsp3) is 0.138. The van der Waals surface area contributed by atoms with Gasteiger partial charge < -0.3 is 15.1 Å². The van der Waals surface area contributed by atoms with Crippen LogP contribution in [-0.2, 0) is 13.1 Å². The number of carbonyl (C=O) groups excluding carboxylic acids is 2. The van der Waals surface area contributed by atoms with Gasteiger partial charge in [-0.15, -0.1) is 0 Å². The van der Waals surface area contributed by atoms with E-state index in [2.05, 4.69) is 15.6 Å². The van der Waals surface area contributed by atoms with E-state index >= 15 is 0 Å². The Kier molecular flexibility index (Phi) is 6.62. The number of urea groups is 1. The summed E-state index contributed by atoms with van der Waals surface area (Å²) >= 11 is 0. The van der Waals surface area contributed by atoms with E-state index in [-0.39, 0.29) is 11.9 Å². The number of hydrogen-bond donors (Lipinski definition) is 2. The number of hydrogen-bond acceptors (Lipinski definition) is 4. The van der Waals surface area contributed by atoms with Crippen molar-refractivity contribution < 1.29 is 14.0 Å².